The van der Waals surface area contributed by atoms with Crippen LogP contribution in [0, 0.1) is 17.8 Å². The molecule has 0 saturated carbocycles. The van der Waals surface area contributed by atoms with Crippen LogP contribution in [-0.2, 0) is 4.79 Å². The van der Waals surface area contributed by atoms with Crippen LogP contribution in [0.4, 0.5) is 0 Å². The van der Waals surface area contributed by atoms with Crippen LogP contribution in [0.5, 0.6) is 5.75 Å². The Balaban J connectivity index is 1.44. The van der Waals surface area contributed by atoms with E-state index in [1.807, 2.05) is 66.6 Å². The maximum absolute atomic E-state index is 13.5. The zero-order chi connectivity index (χ0) is 27.9. The fourth-order valence-electron chi connectivity index (χ4n) is 4.94. The lowest BCUT2D eigenvalue weighted by Crippen LogP contribution is -2.42. The Hall–Kier alpha value is -3.73. The molecule has 4 atom stereocenters. The molecule has 1 saturated heterocycles. The summed E-state index contributed by atoms with van der Waals surface area (Å²) < 4.78 is 7.67. The number of nitrogens with one attached hydrogen (secondary N) is 1. The molecule has 2 heterocycles. The van der Waals surface area contributed by atoms with Gasteiger partial charge >= 0.3 is 0 Å². The molecule has 0 unspecified atom stereocenters. The molecule has 2 N–H and O–H groups in total. The molecule has 1 aliphatic rings. The first-order chi connectivity index (χ1) is 18.8. The summed E-state index contributed by atoms with van der Waals surface area (Å²) in [6.07, 6.45) is 4.28. The van der Waals surface area contributed by atoms with E-state index in [2.05, 4.69) is 28.8 Å². The van der Waals surface area contributed by atoms with Crippen LogP contribution >= 0.6 is 11.6 Å². The fraction of sp³-hybridized carbons (Fsp3) is 0.355. The van der Waals surface area contributed by atoms with Crippen molar-refractivity contribution in [3.05, 3.63) is 89.4 Å². The standard InChI is InChI=1S/C31H35ClN4O3/c1-5-6-18-39-29-20-24(13-14-28(29)36-17-9-15-33-36)22(3)34-23(4)30(37)21(2)31(38)35-16-8-12-27(35)25-10-7-11-26(32)19-25/h7,9-11,13-15,17,19-22,27,30,34,37H,4,8,12,16,18H2,1-3H3/t21-,22-,27-,30-/m1/s1. The number of benzene rings is 2. The van der Waals surface area contributed by atoms with Gasteiger partial charge in [0.1, 0.15) is 24.1 Å². The lowest BCUT2D eigenvalue weighted by molar-refractivity contribution is -0.138. The zero-order valence-corrected chi connectivity index (χ0v) is 23.4. The Morgan fingerprint density at radius 2 is 2.10 bits per heavy atom. The highest BCUT2D eigenvalue weighted by molar-refractivity contribution is 6.30. The molecule has 1 aliphatic heterocycles. The second-order valence-corrected chi connectivity index (χ2v) is 10.2. The molecule has 0 bridgehead atoms. The number of hydrogen-bond acceptors (Lipinski definition) is 5. The van der Waals surface area contributed by atoms with E-state index in [1.165, 1.54) is 0 Å². The SMILES string of the molecule is C=C(N[C@H](C)c1ccc(-n2cccn2)c(OCC#CC)c1)[C@H](O)[C@@H](C)C(=O)N1CCC[C@@H]1c1cccc(Cl)c1. The van der Waals surface area contributed by atoms with Gasteiger partial charge in [-0.15, -0.1) is 5.92 Å². The van der Waals surface area contributed by atoms with Gasteiger partial charge in [0.2, 0.25) is 5.91 Å². The highest BCUT2D eigenvalue weighted by atomic mass is 35.5. The van der Waals surface area contributed by atoms with E-state index in [9.17, 15) is 9.90 Å². The average Bonchev–Trinajstić information content (AvgIpc) is 3.65. The molecular formula is C31H35ClN4O3. The number of aliphatic hydroxyl groups is 1. The fourth-order valence-corrected chi connectivity index (χ4v) is 5.14. The van der Waals surface area contributed by atoms with Gasteiger partial charge in [-0.2, -0.15) is 5.10 Å². The van der Waals surface area contributed by atoms with E-state index in [0.717, 1.165) is 29.7 Å². The van der Waals surface area contributed by atoms with Gasteiger partial charge in [-0.25, -0.2) is 4.68 Å². The monoisotopic (exact) mass is 546 g/mol. The Kier molecular flexibility index (Phi) is 9.34. The molecule has 3 aromatic rings. The molecule has 1 aromatic heterocycles. The summed E-state index contributed by atoms with van der Waals surface area (Å²) in [6, 6.07) is 15.1. The highest BCUT2D eigenvalue weighted by Gasteiger charge is 2.36. The number of hydrogen-bond donors (Lipinski definition) is 2. The molecule has 39 heavy (non-hydrogen) atoms. The topological polar surface area (TPSA) is 79.6 Å². The van der Waals surface area contributed by atoms with Crippen LogP contribution in [0.25, 0.3) is 5.69 Å². The van der Waals surface area contributed by atoms with Crippen LogP contribution in [0.2, 0.25) is 5.02 Å². The number of aromatic nitrogens is 2. The zero-order valence-electron chi connectivity index (χ0n) is 22.6. The summed E-state index contributed by atoms with van der Waals surface area (Å²) >= 11 is 6.20. The van der Waals surface area contributed by atoms with Crippen LogP contribution in [0.15, 0.2) is 73.2 Å². The van der Waals surface area contributed by atoms with Gasteiger partial charge in [0, 0.05) is 35.7 Å². The van der Waals surface area contributed by atoms with Crippen molar-refractivity contribution in [2.75, 3.05) is 13.2 Å². The third-order valence-corrected chi connectivity index (χ3v) is 7.34. The molecule has 0 radical (unpaired) electrons. The molecule has 204 valence electrons. The number of likely N-dealkylation sites (tertiary alicyclic amines) is 1. The minimum absolute atomic E-state index is 0.0462. The minimum Gasteiger partial charge on any atom is -0.479 e. The average molecular weight is 547 g/mol. The third-order valence-electron chi connectivity index (χ3n) is 7.10. The first-order valence-electron chi connectivity index (χ1n) is 13.2. The van der Waals surface area contributed by atoms with Crippen LogP contribution in [-0.4, -0.2) is 44.9 Å². The van der Waals surface area contributed by atoms with Crippen molar-refractivity contribution in [3.8, 4) is 23.3 Å². The van der Waals surface area contributed by atoms with E-state index in [0.29, 0.717) is 23.0 Å². The van der Waals surface area contributed by atoms with E-state index >= 15 is 0 Å². The van der Waals surface area contributed by atoms with E-state index < -0.39 is 12.0 Å². The lowest BCUT2D eigenvalue weighted by Gasteiger charge is -2.31. The largest absolute Gasteiger partial charge is 0.479 e. The van der Waals surface area contributed by atoms with Crippen molar-refractivity contribution in [2.24, 2.45) is 5.92 Å². The number of nitrogens with zero attached hydrogens (tertiary/aromatic N) is 3. The lowest BCUT2D eigenvalue weighted by atomic mass is 9.97. The van der Waals surface area contributed by atoms with Gasteiger partial charge in [-0.3, -0.25) is 4.79 Å². The maximum Gasteiger partial charge on any atom is 0.228 e. The molecule has 0 spiro atoms. The van der Waals surface area contributed by atoms with Crippen molar-refractivity contribution in [2.45, 2.75) is 51.8 Å². The molecule has 2 aromatic carbocycles. The van der Waals surface area contributed by atoms with Gasteiger partial charge in [0.05, 0.1) is 12.0 Å². The maximum atomic E-state index is 13.5. The number of carbonyl (C=O) groups excluding carboxylic acids is 1. The highest BCUT2D eigenvalue weighted by Crippen LogP contribution is 2.35. The Morgan fingerprint density at radius 3 is 2.82 bits per heavy atom. The molecule has 1 fully saturated rings. The Labute approximate surface area is 235 Å². The van der Waals surface area contributed by atoms with Crippen molar-refractivity contribution in [1.82, 2.24) is 20.0 Å². The second-order valence-electron chi connectivity index (χ2n) is 9.76. The summed E-state index contributed by atoms with van der Waals surface area (Å²) in [5, 5.41) is 19.3. The number of amides is 1. The Bertz CT molecular complexity index is 1360. The molecule has 7 nitrogen and oxygen atoms in total. The second kappa shape index (κ2) is 12.9. The molecule has 0 aliphatic carbocycles. The molecule has 8 heteroatoms. The minimum atomic E-state index is -1.06. The number of rotatable bonds is 10. The van der Waals surface area contributed by atoms with Gasteiger partial charge in [-0.05, 0) is 68.1 Å². The summed E-state index contributed by atoms with van der Waals surface area (Å²) in [6.45, 7) is 10.5. The Morgan fingerprint density at radius 1 is 1.28 bits per heavy atom. The number of aliphatic hydroxyl groups excluding tert-OH is 1. The molecular weight excluding hydrogens is 512 g/mol. The van der Waals surface area contributed by atoms with E-state index in [4.69, 9.17) is 16.3 Å². The normalized spacial score (nSPS) is 17.1. The van der Waals surface area contributed by atoms with Gasteiger partial charge in [-0.1, -0.05) is 49.2 Å². The predicted octanol–water partition coefficient (Wildman–Crippen LogP) is 5.45. The summed E-state index contributed by atoms with van der Waals surface area (Å²) in [5.74, 6) is 5.64. The first-order valence-corrected chi connectivity index (χ1v) is 13.5. The van der Waals surface area contributed by atoms with E-state index in [1.54, 1.807) is 24.7 Å². The molecule has 1 amide bonds. The van der Waals surface area contributed by atoms with Gasteiger partial charge in [0.25, 0.3) is 0 Å². The smallest absolute Gasteiger partial charge is 0.228 e. The first kappa shape index (κ1) is 28.3. The summed E-state index contributed by atoms with van der Waals surface area (Å²) in [5.41, 5.74) is 3.13. The van der Waals surface area contributed by atoms with Crippen LogP contribution < -0.4 is 10.1 Å². The van der Waals surface area contributed by atoms with Crippen molar-refractivity contribution in [1.29, 1.82) is 0 Å². The third kappa shape index (κ3) is 6.65. The quantitative estimate of drug-likeness (QED) is 0.330. The summed E-state index contributed by atoms with van der Waals surface area (Å²) in [7, 11) is 0. The van der Waals surface area contributed by atoms with Crippen LogP contribution in [0.1, 0.15) is 56.8 Å². The number of ether oxygens (including phenoxy) is 1. The number of halogens is 1. The van der Waals surface area contributed by atoms with E-state index in [-0.39, 0.29) is 24.6 Å². The van der Waals surface area contributed by atoms with Gasteiger partial charge in [0.15, 0.2) is 0 Å². The number of carbonyl (C=O) groups is 1. The van der Waals surface area contributed by atoms with Crippen molar-refractivity contribution < 1.29 is 14.6 Å². The summed E-state index contributed by atoms with van der Waals surface area (Å²) in [4.78, 5) is 15.3. The van der Waals surface area contributed by atoms with Crippen LogP contribution in [0.3, 0.4) is 0 Å². The molecule has 4 rings (SSSR count). The van der Waals surface area contributed by atoms with Gasteiger partial charge < -0.3 is 20.1 Å². The van der Waals surface area contributed by atoms with Crippen molar-refractivity contribution in [3.63, 3.8) is 0 Å². The predicted molar refractivity (Wildman–Crippen MR) is 154 cm³/mol. The van der Waals surface area contributed by atoms with Crippen molar-refractivity contribution >= 4 is 17.5 Å².